The number of urea groups is 1. The second-order valence-electron chi connectivity index (χ2n) is 7.56. The van der Waals surface area contributed by atoms with Crippen LogP contribution < -0.4 is 10.6 Å². The molecule has 2 N–H and O–H groups in total. The molecule has 0 fully saturated rings. The van der Waals surface area contributed by atoms with Crippen molar-refractivity contribution in [1.29, 1.82) is 0 Å². The molecule has 7 nitrogen and oxygen atoms in total. The lowest BCUT2D eigenvalue weighted by Gasteiger charge is -2.18. The topological polar surface area (TPSA) is 91.7 Å². The van der Waals surface area contributed by atoms with E-state index >= 15 is 0 Å². The van der Waals surface area contributed by atoms with Crippen LogP contribution in [0.3, 0.4) is 0 Å². The van der Waals surface area contributed by atoms with Crippen molar-refractivity contribution < 1.29 is 18.8 Å². The minimum Gasteiger partial charge on any atom is -0.459 e. The van der Waals surface area contributed by atoms with Gasteiger partial charge in [-0.05, 0) is 35.9 Å². The lowest BCUT2D eigenvalue weighted by molar-refractivity contribution is 0.0693. The molecule has 5 rings (SSSR count). The SMILES string of the molecule is CN1C(=O)c2ccc(NC(=O)N[C@@H](c3ccccc3)c3cc4ccccc4o3)cc2C1=O. The number of carbonyl (C=O) groups is 3. The van der Waals surface area contributed by atoms with Crippen LogP contribution in [0.2, 0.25) is 0 Å². The van der Waals surface area contributed by atoms with Crippen LogP contribution in [0.5, 0.6) is 0 Å². The van der Waals surface area contributed by atoms with Gasteiger partial charge in [-0.3, -0.25) is 14.5 Å². The van der Waals surface area contributed by atoms with E-state index in [0.29, 0.717) is 17.0 Å². The summed E-state index contributed by atoms with van der Waals surface area (Å²) in [5, 5.41) is 6.64. The molecule has 0 radical (unpaired) electrons. The zero-order valence-corrected chi connectivity index (χ0v) is 17.2. The Balaban J connectivity index is 1.41. The average molecular weight is 425 g/mol. The molecule has 3 aromatic carbocycles. The zero-order chi connectivity index (χ0) is 22.2. The van der Waals surface area contributed by atoms with Crippen LogP contribution in [0.25, 0.3) is 11.0 Å². The summed E-state index contributed by atoms with van der Waals surface area (Å²) in [6.07, 6.45) is 0. The smallest absolute Gasteiger partial charge is 0.320 e. The lowest BCUT2D eigenvalue weighted by Crippen LogP contribution is -2.33. The number of nitrogens with one attached hydrogen (secondary N) is 2. The third-order valence-corrected chi connectivity index (χ3v) is 5.48. The molecule has 0 unspecified atom stereocenters. The number of amides is 4. The first-order chi connectivity index (χ1) is 15.5. The van der Waals surface area contributed by atoms with Gasteiger partial charge in [0.15, 0.2) is 0 Å². The summed E-state index contributed by atoms with van der Waals surface area (Å²) in [4.78, 5) is 38.2. The summed E-state index contributed by atoms with van der Waals surface area (Å²) in [5.74, 6) is -0.141. The van der Waals surface area contributed by atoms with Gasteiger partial charge in [0, 0.05) is 18.1 Å². The molecule has 158 valence electrons. The lowest BCUT2D eigenvalue weighted by atomic mass is 10.0. The van der Waals surface area contributed by atoms with Gasteiger partial charge in [-0.15, -0.1) is 0 Å². The molecule has 0 aliphatic carbocycles. The number of fused-ring (bicyclic) bond motifs is 2. The minimum absolute atomic E-state index is 0.271. The normalized spacial score (nSPS) is 13.8. The van der Waals surface area contributed by atoms with Crippen molar-refractivity contribution in [1.82, 2.24) is 10.2 Å². The highest BCUT2D eigenvalue weighted by atomic mass is 16.3. The van der Waals surface area contributed by atoms with Crippen LogP contribution in [0.4, 0.5) is 10.5 Å². The second-order valence-corrected chi connectivity index (χ2v) is 7.56. The molecule has 1 aliphatic heterocycles. The van der Waals surface area contributed by atoms with E-state index in [9.17, 15) is 14.4 Å². The summed E-state index contributed by atoms with van der Waals surface area (Å²) in [5.41, 5.74) is 2.60. The highest BCUT2D eigenvalue weighted by molar-refractivity contribution is 6.21. The fraction of sp³-hybridized carbons (Fsp3) is 0.0800. The van der Waals surface area contributed by atoms with Crippen molar-refractivity contribution in [3.05, 3.63) is 101 Å². The van der Waals surface area contributed by atoms with Gasteiger partial charge in [0.1, 0.15) is 17.4 Å². The molecular formula is C25H19N3O4. The third kappa shape index (κ3) is 3.39. The summed E-state index contributed by atoms with van der Waals surface area (Å²) in [7, 11) is 1.43. The molecule has 1 aliphatic rings. The number of rotatable bonds is 4. The van der Waals surface area contributed by atoms with E-state index < -0.39 is 18.0 Å². The predicted octanol–water partition coefficient (Wildman–Crippen LogP) is 4.57. The maximum Gasteiger partial charge on any atom is 0.320 e. The molecule has 0 bridgehead atoms. The van der Waals surface area contributed by atoms with Crippen LogP contribution in [0, 0.1) is 0 Å². The standard InChI is InChI=1S/C25H19N3O4/c1-28-23(29)18-12-11-17(14-19(18)24(28)30)26-25(31)27-22(15-7-3-2-4-8-15)21-13-16-9-5-6-10-20(16)32-21/h2-14,22H,1H3,(H2,26,27,31)/t22-/m0/s1. The highest BCUT2D eigenvalue weighted by Crippen LogP contribution is 2.29. The molecule has 0 spiro atoms. The molecule has 7 heteroatoms. The van der Waals surface area contributed by atoms with Gasteiger partial charge in [-0.25, -0.2) is 4.79 Å². The van der Waals surface area contributed by atoms with E-state index in [1.54, 1.807) is 12.1 Å². The zero-order valence-electron chi connectivity index (χ0n) is 17.2. The largest absolute Gasteiger partial charge is 0.459 e. The van der Waals surface area contributed by atoms with Gasteiger partial charge in [-0.1, -0.05) is 48.5 Å². The molecule has 4 amide bonds. The predicted molar refractivity (Wildman–Crippen MR) is 120 cm³/mol. The molecule has 0 saturated carbocycles. The van der Waals surface area contributed by atoms with Crippen LogP contribution in [0.15, 0.2) is 83.3 Å². The summed E-state index contributed by atoms with van der Waals surface area (Å²) < 4.78 is 6.00. The van der Waals surface area contributed by atoms with Crippen LogP contribution in [-0.2, 0) is 0 Å². The Hall–Kier alpha value is -4.39. The molecule has 1 aromatic heterocycles. The van der Waals surface area contributed by atoms with Gasteiger partial charge < -0.3 is 15.1 Å². The van der Waals surface area contributed by atoms with E-state index in [2.05, 4.69) is 10.6 Å². The minimum atomic E-state index is -0.521. The first kappa shape index (κ1) is 19.6. The van der Waals surface area contributed by atoms with Gasteiger partial charge >= 0.3 is 6.03 Å². The van der Waals surface area contributed by atoms with E-state index in [1.807, 2.05) is 60.7 Å². The monoisotopic (exact) mass is 425 g/mol. The van der Waals surface area contributed by atoms with E-state index in [0.717, 1.165) is 21.4 Å². The quantitative estimate of drug-likeness (QED) is 0.469. The Bertz CT molecular complexity index is 1330. The third-order valence-electron chi connectivity index (χ3n) is 5.48. The molecule has 1 atom stereocenters. The van der Waals surface area contributed by atoms with Crippen molar-refractivity contribution in [2.45, 2.75) is 6.04 Å². The average Bonchev–Trinajstić information content (AvgIpc) is 3.33. The van der Waals surface area contributed by atoms with E-state index in [1.165, 1.54) is 13.1 Å². The van der Waals surface area contributed by atoms with E-state index in [4.69, 9.17) is 4.42 Å². The first-order valence-corrected chi connectivity index (χ1v) is 10.1. The second kappa shape index (κ2) is 7.70. The summed E-state index contributed by atoms with van der Waals surface area (Å²) in [6, 6.07) is 22.7. The van der Waals surface area contributed by atoms with E-state index in [-0.39, 0.29) is 11.5 Å². The summed E-state index contributed by atoms with van der Waals surface area (Å²) >= 11 is 0. The van der Waals surface area contributed by atoms with Gasteiger partial charge in [0.25, 0.3) is 11.8 Å². The Kier molecular flexibility index (Phi) is 4.71. The molecule has 2 heterocycles. The highest BCUT2D eigenvalue weighted by Gasteiger charge is 2.33. The molecule has 4 aromatic rings. The van der Waals surface area contributed by atoms with Crippen LogP contribution >= 0.6 is 0 Å². The number of carbonyl (C=O) groups excluding carboxylic acids is 3. The van der Waals surface area contributed by atoms with Crippen molar-refractivity contribution in [3.63, 3.8) is 0 Å². The number of furan rings is 1. The molecule has 0 saturated heterocycles. The first-order valence-electron chi connectivity index (χ1n) is 10.1. The van der Waals surface area contributed by atoms with Crippen molar-refractivity contribution in [2.75, 3.05) is 12.4 Å². The number of nitrogens with zero attached hydrogens (tertiary/aromatic N) is 1. The van der Waals surface area contributed by atoms with Crippen molar-refractivity contribution >= 4 is 34.5 Å². The van der Waals surface area contributed by atoms with Crippen LogP contribution in [0.1, 0.15) is 38.1 Å². The number of hydrogen-bond acceptors (Lipinski definition) is 4. The Morgan fingerprint density at radius 2 is 1.59 bits per heavy atom. The fourth-order valence-electron chi connectivity index (χ4n) is 3.85. The Labute approximate surface area is 183 Å². The van der Waals surface area contributed by atoms with Crippen LogP contribution in [-0.4, -0.2) is 29.8 Å². The van der Waals surface area contributed by atoms with Gasteiger partial charge in [0.05, 0.1) is 11.1 Å². The maximum absolute atomic E-state index is 12.9. The number of benzene rings is 3. The Morgan fingerprint density at radius 1 is 0.875 bits per heavy atom. The summed E-state index contributed by atoms with van der Waals surface area (Å²) in [6.45, 7) is 0. The Morgan fingerprint density at radius 3 is 2.38 bits per heavy atom. The van der Waals surface area contributed by atoms with Gasteiger partial charge in [0.2, 0.25) is 0 Å². The van der Waals surface area contributed by atoms with Gasteiger partial charge in [-0.2, -0.15) is 0 Å². The fourth-order valence-corrected chi connectivity index (χ4v) is 3.85. The molecular weight excluding hydrogens is 406 g/mol. The molecule has 32 heavy (non-hydrogen) atoms. The van der Waals surface area contributed by atoms with Crippen molar-refractivity contribution in [2.24, 2.45) is 0 Å². The number of imide groups is 1. The van der Waals surface area contributed by atoms with Crippen molar-refractivity contribution in [3.8, 4) is 0 Å². The number of para-hydroxylation sites is 1. The number of hydrogen-bond donors (Lipinski definition) is 2. The number of anilines is 1. The maximum atomic E-state index is 12.9.